The Morgan fingerprint density at radius 1 is 1.15 bits per heavy atom. The zero-order valence-corrected chi connectivity index (χ0v) is 24.8. The predicted molar refractivity (Wildman–Crippen MR) is 137 cm³/mol. The largest absolute Gasteiger partial charge is 1.00 e. The molecule has 8 nitrogen and oxygen atoms in total. The molecule has 2 saturated heterocycles. The number of fused-ring (bicyclic) bond motifs is 2. The van der Waals surface area contributed by atoms with Gasteiger partial charge in [0.1, 0.15) is 18.0 Å². The molecule has 2 aromatic carbocycles. The molecule has 5 rings (SSSR count). The fraction of sp³-hybridized carbons (Fsp3) is 0.308. The molecule has 3 amide bonds. The van der Waals surface area contributed by atoms with Crippen LogP contribution in [-0.2, 0) is 19.2 Å². The molecule has 0 aromatic heterocycles. The Labute approximate surface area is 257 Å². The number of halogens is 3. The number of allylic oxidation sites excluding steroid dienone is 1. The van der Waals surface area contributed by atoms with Gasteiger partial charge < -0.3 is 20.1 Å². The van der Waals surface area contributed by atoms with E-state index in [4.69, 9.17) is 0 Å². The van der Waals surface area contributed by atoms with Crippen LogP contribution in [0.4, 0.5) is 13.2 Å². The van der Waals surface area contributed by atoms with Crippen LogP contribution in [0.25, 0.3) is 10.8 Å². The van der Waals surface area contributed by atoms with E-state index in [1.807, 2.05) is 42.5 Å². The molecule has 2 fully saturated rings. The molecule has 1 N–H and O–H groups in total. The molecule has 2 aromatic rings. The number of amides is 3. The van der Waals surface area contributed by atoms with Crippen LogP contribution in [-0.4, -0.2) is 75.7 Å². The van der Waals surface area contributed by atoms with Gasteiger partial charge in [-0.1, -0.05) is 30.3 Å². The molecule has 0 radical (unpaired) electrons. The van der Waals surface area contributed by atoms with Gasteiger partial charge in [-0.25, -0.2) is 0 Å². The minimum atomic E-state index is -4.55. The first kappa shape index (κ1) is 30.5. The van der Waals surface area contributed by atoms with Gasteiger partial charge in [-0.2, -0.15) is 13.2 Å². The van der Waals surface area contributed by atoms with Gasteiger partial charge in [0.25, 0.3) is 5.91 Å². The monoisotopic (exact) mass is 599 g/mol. The van der Waals surface area contributed by atoms with Gasteiger partial charge in [0, 0.05) is 22.8 Å². The van der Waals surface area contributed by atoms with Crippen LogP contribution < -0.4 is 40.0 Å². The van der Waals surface area contributed by atoms with Gasteiger partial charge in [-0.3, -0.25) is 19.3 Å². The Hall–Kier alpha value is -2.45. The average molecular weight is 600 g/mol. The van der Waals surface area contributed by atoms with Crippen molar-refractivity contribution in [3.63, 3.8) is 0 Å². The summed E-state index contributed by atoms with van der Waals surface area (Å²) >= 11 is 2.50. The Bertz CT molecular complexity index is 1450. The normalized spacial score (nSPS) is 21.8. The number of benzene rings is 2. The third-order valence-electron chi connectivity index (χ3n) is 6.53. The molecule has 2 atom stereocenters. The van der Waals surface area contributed by atoms with Crippen molar-refractivity contribution in [1.29, 1.82) is 0 Å². The van der Waals surface area contributed by atoms with Crippen LogP contribution >= 0.6 is 23.5 Å². The fourth-order valence-corrected chi connectivity index (χ4v) is 6.80. The number of carbonyl (C=O) groups is 4. The van der Waals surface area contributed by atoms with E-state index in [0.717, 1.165) is 20.6 Å². The SMILES string of the molecule is O=C(CSc1ccc2ccccc2c1)N[C@@H]1C(=O)N2C(C(=O)[O-])=C(/C=C3\CCN(CC(F)(F)F)C3=O)CS[C@H]12.[Na+]. The van der Waals surface area contributed by atoms with Gasteiger partial charge in [0.15, 0.2) is 0 Å². The molecular formula is C26H21F3N3NaO5S2. The van der Waals surface area contributed by atoms with E-state index in [1.165, 1.54) is 29.6 Å². The molecule has 0 spiro atoms. The van der Waals surface area contributed by atoms with Crippen molar-refractivity contribution in [2.45, 2.75) is 28.9 Å². The number of rotatable bonds is 7. The number of alkyl halides is 3. The first-order valence-electron chi connectivity index (χ1n) is 11.9. The number of aliphatic carboxylic acids is 1. The predicted octanol–water partition coefficient (Wildman–Crippen LogP) is -0.939. The van der Waals surface area contributed by atoms with Gasteiger partial charge in [-0.15, -0.1) is 23.5 Å². The minimum Gasteiger partial charge on any atom is -0.543 e. The second-order valence-corrected chi connectivity index (χ2v) is 11.3. The molecule has 3 heterocycles. The van der Waals surface area contributed by atoms with E-state index < -0.39 is 47.6 Å². The Balaban J connectivity index is 0.00000370. The molecule has 40 heavy (non-hydrogen) atoms. The van der Waals surface area contributed by atoms with Crippen molar-refractivity contribution in [2.24, 2.45) is 0 Å². The first-order chi connectivity index (χ1) is 18.5. The standard InChI is InChI=1S/C26H22F3N3O5S2.Na/c27-26(28,29)13-31-8-7-16(22(31)34)9-17-11-39-24-20(23(35)32(24)21(17)25(36)37)30-19(33)12-38-18-6-5-14-3-1-2-4-15(14)10-18;/h1-6,9-10,20,24H,7-8,11-13H2,(H,30,33)(H,36,37);/q;+1/p-1/b16-9+;/t20-,24-;/m1./s1. The van der Waals surface area contributed by atoms with Crippen molar-refractivity contribution in [2.75, 3.05) is 24.6 Å². The van der Waals surface area contributed by atoms with E-state index in [9.17, 15) is 37.5 Å². The molecule has 0 aliphatic carbocycles. The van der Waals surface area contributed by atoms with Crippen LogP contribution in [0.5, 0.6) is 0 Å². The summed E-state index contributed by atoms with van der Waals surface area (Å²) in [6.07, 6.45) is -3.29. The quantitative estimate of drug-likeness (QED) is 0.190. The molecule has 0 saturated carbocycles. The molecule has 14 heteroatoms. The number of hydrogen-bond acceptors (Lipinski definition) is 7. The van der Waals surface area contributed by atoms with Crippen molar-refractivity contribution >= 4 is 58.0 Å². The number of thioether (sulfide) groups is 2. The van der Waals surface area contributed by atoms with Crippen LogP contribution in [0.1, 0.15) is 6.42 Å². The second kappa shape index (κ2) is 12.2. The van der Waals surface area contributed by atoms with E-state index in [2.05, 4.69) is 5.32 Å². The molecule has 3 aliphatic rings. The topological polar surface area (TPSA) is 110 Å². The first-order valence-corrected chi connectivity index (χ1v) is 13.9. The van der Waals surface area contributed by atoms with Gasteiger partial charge in [0.05, 0.1) is 17.4 Å². The van der Waals surface area contributed by atoms with Crippen molar-refractivity contribution in [1.82, 2.24) is 15.1 Å². The van der Waals surface area contributed by atoms with Gasteiger partial charge in [-0.05, 0) is 41.0 Å². The Morgan fingerprint density at radius 2 is 1.88 bits per heavy atom. The molecule has 3 aliphatic heterocycles. The zero-order valence-electron chi connectivity index (χ0n) is 21.2. The molecule has 0 unspecified atom stereocenters. The summed E-state index contributed by atoms with van der Waals surface area (Å²) < 4.78 is 38.1. The summed E-state index contributed by atoms with van der Waals surface area (Å²) in [5, 5.41) is 16.0. The number of carboxylic acid groups (broad SMARTS) is 1. The second-order valence-electron chi connectivity index (χ2n) is 9.18. The third kappa shape index (κ3) is 6.38. The van der Waals surface area contributed by atoms with Crippen molar-refractivity contribution in [3.05, 3.63) is 65.4 Å². The molecule has 0 bridgehead atoms. The number of nitrogens with one attached hydrogen (secondary N) is 1. The van der Waals surface area contributed by atoms with Crippen LogP contribution in [0.2, 0.25) is 0 Å². The maximum absolute atomic E-state index is 12.9. The van der Waals surface area contributed by atoms with Crippen LogP contribution in [0, 0.1) is 0 Å². The summed E-state index contributed by atoms with van der Waals surface area (Å²) in [6.45, 7) is -1.53. The molecular weight excluding hydrogens is 578 g/mol. The number of nitrogens with zero attached hydrogens (tertiary/aromatic N) is 2. The average Bonchev–Trinajstić information content (AvgIpc) is 3.22. The van der Waals surface area contributed by atoms with E-state index in [-0.39, 0.29) is 71.1 Å². The number of carboxylic acids is 1. The van der Waals surface area contributed by atoms with Crippen LogP contribution in [0.3, 0.4) is 0 Å². The Kier molecular flexibility index (Phi) is 9.30. The summed E-state index contributed by atoms with van der Waals surface area (Å²) in [6, 6.07) is 12.7. The number of carbonyl (C=O) groups excluding carboxylic acids is 4. The van der Waals surface area contributed by atoms with E-state index >= 15 is 0 Å². The van der Waals surface area contributed by atoms with E-state index in [1.54, 1.807) is 0 Å². The minimum absolute atomic E-state index is 0. The van der Waals surface area contributed by atoms with E-state index in [0.29, 0.717) is 4.90 Å². The Morgan fingerprint density at radius 3 is 2.58 bits per heavy atom. The third-order valence-corrected chi connectivity index (χ3v) is 8.83. The molecule has 204 valence electrons. The van der Waals surface area contributed by atoms with Crippen LogP contribution in [0.15, 0.2) is 70.3 Å². The maximum atomic E-state index is 12.9. The number of hydrogen-bond donors (Lipinski definition) is 1. The summed E-state index contributed by atoms with van der Waals surface area (Å²) in [5.41, 5.74) is -0.289. The summed E-state index contributed by atoms with van der Waals surface area (Å²) in [4.78, 5) is 52.3. The number of likely N-dealkylation sites (tertiary alicyclic amines) is 1. The smallest absolute Gasteiger partial charge is 0.543 e. The number of β-lactam (4-membered cyclic amide) rings is 1. The van der Waals surface area contributed by atoms with Gasteiger partial charge in [0.2, 0.25) is 11.8 Å². The summed E-state index contributed by atoms with van der Waals surface area (Å²) in [5.74, 6) is -3.37. The zero-order chi connectivity index (χ0) is 27.9. The van der Waals surface area contributed by atoms with Crippen molar-refractivity contribution in [3.8, 4) is 0 Å². The maximum Gasteiger partial charge on any atom is 1.00 e. The fourth-order valence-electron chi connectivity index (χ4n) is 4.74. The summed E-state index contributed by atoms with van der Waals surface area (Å²) in [7, 11) is 0. The van der Waals surface area contributed by atoms with Gasteiger partial charge >= 0.3 is 35.7 Å². The van der Waals surface area contributed by atoms with Crippen molar-refractivity contribution < 1.29 is 67.0 Å².